The summed E-state index contributed by atoms with van der Waals surface area (Å²) in [4.78, 5) is 4.68. The van der Waals surface area contributed by atoms with Crippen molar-refractivity contribution in [3.63, 3.8) is 0 Å². The van der Waals surface area contributed by atoms with Crippen molar-refractivity contribution in [1.82, 2.24) is 0 Å². The van der Waals surface area contributed by atoms with E-state index in [1.165, 1.54) is 0 Å². The van der Waals surface area contributed by atoms with Gasteiger partial charge in [0.25, 0.3) is 0 Å². The van der Waals surface area contributed by atoms with E-state index < -0.39 is 5.66 Å². The van der Waals surface area contributed by atoms with Gasteiger partial charge in [-0.3, -0.25) is 0 Å². The van der Waals surface area contributed by atoms with Gasteiger partial charge in [-0.25, -0.2) is 4.99 Å². The minimum atomic E-state index is -0.779. The first-order valence-corrected chi connectivity index (χ1v) is 7.55. The number of ether oxygens (including phenoxy) is 1. The van der Waals surface area contributed by atoms with Crippen LogP contribution >= 0.6 is 0 Å². The molecule has 3 rings (SSSR count). The molecular formula is C18H21N3O. The number of aliphatic imine (C=N–C) groups is 1. The van der Waals surface area contributed by atoms with Crippen molar-refractivity contribution < 1.29 is 4.74 Å². The smallest absolute Gasteiger partial charge is 0.141 e. The van der Waals surface area contributed by atoms with Gasteiger partial charge >= 0.3 is 0 Å². The Balaban J connectivity index is 2.02. The van der Waals surface area contributed by atoms with Crippen molar-refractivity contribution in [2.24, 2.45) is 10.7 Å². The van der Waals surface area contributed by atoms with Crippen LogP contribution in [0.15, 0.2) is 53.5 Å². The van der Waals surface area contributed by atoms with Crippen molar-refractivity contribution in [2.45, 2.75) is 25.9 Å². The third-order valence-corrected chi connectivity index (χ3v) is 3.81. The lowest BCUT2D eigenvalue weighted by Gasteiger charge is -2.33. The highest BCUT2D eigenvalue weighted by molar-refractivity contribution is 5.96. The molecule has 1 aliphatic rings. The van der Waals surface area contributed by atoms with Gasteiger partial charge in [-0.1, -0.05) is 36.4 Å². The first-order chi connectivity index (χ1) is 10.6. The monoisotopic (exact) mass is 295 g/mol. The highest BCUT2D eigenvalue weighted by Gasteiger charge is 2.33. The van der Waals surface area contributed by atoms with Gasteiger partial charge < -0.3 is 15.8 Å². The summed E-state index contributed by atoms with van der Waals surface area (Å²) in [5.41, 5.74) is 8.99. The molecule has 0 aromatic heterocycles. The molecule has 0 radical (unpaired) electrons. The highest BCUT2D eigenvalue weighted by atomic mass is 16.5. The van der Waals surface area contributed by atoms with E-state index in [4.69, 9.17) is 10.5 Å². The molecule has 22 heavy (non-hydrogen) atoms. The van der Waals surface area contributed by atoms with Crippen LogP contribution in [0.5, 0.6) is 5.75 Å². The Bertz CT molecular complexity index is 711. The average molecular weight is 295 g/mol. The van der Waals surface area contributed by atoms with E-state index in [0.717, 1.165) is 28.4 Å². The van der Waals surface area contributed by atoms with Gasteiger partial charge in [-0.2, -0.15) is 0 Å². The van der Waals surface area contributed by atoms with E-state index in [0.29, 0.717) is 13.0 Å². The number of amidine groups is 1. The van der Waals surface area contributed by atoms with Crippen LogP contribution < -0.4 is 15.8 Å². The number of hydrogen-bond acceptors (Lipinski definition) is 4. The first-order valence-electron chi connectivity index (χ1n) is 7.55. The fourth-order valence-electron chi connectivity index (χ4n) is 2.92. The number of para-hydroxylation sites is 2. The topological polar surface area (TPSA) is 59.6 Å². The standard InChI is InChI=1S/C18H21N3O/c1-3-22-17-11-7-4-8-14(17)12-18(19)15-9-5-6-10-16(15)20-13(2)21-18/h4-11H,3,12,19H2,1-2H3,(H,20,21). The van der Waals surface area contributed by atoms with Gasteiger partial charge in [0.05, 0.1) is 6.61 Å². The highest BCUT2D eigenvalue weighted by Crippen LogP contribution is 2.35. The first kappa shape index (κ1) is 14.6. The van der Waals surface area contributed by atoms with Gasteiger partial charge in [0.15, 0.2) is 0 Å². The van der Waals surface area contributed by atoms with Gasteiger partial charge in [0.1, 0.15) is 17.2 Å². The summed E-state index contributed by atoms with van der Waals surface area (Å²) in [6.45, 7) is 4.55. The van der Waals surface area contributed by atoms with Crippen LogP contribution in [-0.2, 0) is 12.1 Å². The minimum Gasteiger partial charge on any atom is -0.494 e. The van der Waals surface area contributed by atoms with Crippen molar-refractivity contribution in [2.75, 3.05) is 11.9 Å². The molecule has 1 heterocycles. The van der Waals surface area contributed by atoms with Crippen LogP contribution in [0, 0.1) is 0 Å². The molecular weight excluding hydrogens is 274 g/mol. The number of nitrogens with two attached hydrogens (primary N) is 1. The molecule has 1 aliphatic heterocycles. The molecule has 4 nitrogen and oxygen atoms in total. The van der Waals surface area contributed by atoms with E-state index in [9.17, 15) is 0 Å². The maximum Gasteiger partial charge on any atom is 0.141 e. The molecule has 1 unspecified atom stereocenters. The number of rotatable bonds is 4. The lowest BCUT2D eigenvalue weighted by molar-refractivity contribution is 0.331. The summed E-state index contributed by atoms with van der Waals surface area (Å²) < 4.78 is 5.72. The van der Waals surface area contributed by atoms with E-state index in [1.54, 1.807) is 0 Å². The quantitative estimate of drug-likeness (QED) is 0.910. The average Bonchev–Trinajstić information content (AvgIpc) is 2.49. The molecule has 2 aromatic rings. The molecule has 0 bridgehead atoms. The van der Waals surface area contributed by atoms with E-state index >= 15 is 0 Å². The maximum absolute atomic E-state index is 6.68. The molecule has 0 amide bonds. The van der Waals surface area contributed by atoms with Crippen LogP contribution in [0.1, 0.15) is 25.0 Å². The zero-order valence-corrected chi connectivity index (χ0v) is 13.0. The Kier molecular flexibility index (Phi) is 3.86. The number of fused-ring (bicyclic) bond motifs is 1. The maximum atomic E-state index is 6.68. The Morgan fingerprint density at radius 3 is 2.68 bits per heavy atom. The molecule has 4 heteroatoms. The Morgan fingerprint density at radius 1 is 1.14 bits per heavy atom. The predicted molar refractivity (Wildman–Crippen MR) is 90.4 cm³/mol. The Morgan fingerprint density at radius 2 is 1.86 bits per heavy atom. The number of nitrogens with zero attached hydrogens (tertiary/aromatic N) is 1. The zero-order chi connectivity index (χ0) is 15.6. The Labute approximate surface area is 131 Å². The molecule has 2 aromatic carbocycles. The van der Waals surface area contributed by atoms with Crippen molar-refractivity contribution >= 4 is 11.5 Å². The molecule has 1 atom stereocenters. The summed E-state index contributed by atoms with van der Waals surface area (Å²) in [5.74, 6) is 1.70. The van der Waals surface area contributed by atoms with Crippen LogP contribution in [0.4, 0.5) is 5.69 Å². The number of nitrogens with one attached hydrogen (secondary N) is 1. The predicted octanol–water partition coefficient (Wildman–Crippen LogP) is 3.28. The molecule has 0 fully saturated rings. The lowest BCUT2D eigenvalue weighted by Crippen LogP contribution is -2.42. The van der Waals surface area contributed by atoms with Gasteiger partial charge in [0, 0.05) is 17.7 Å². The third kappa shape index (κ3) is 2.70. The number of anilines is 1. The van der Waals surface area contributed by atoms with E-state index in [-0.39, 0.29) is 0 Å². The van der Waals surface area contributed by atoms with Gasteiger partial charge in [-0.05, 0) is 31.5 Å². The van der Waals surface area contributed by atoms with E-state index in [1.807, 2.05) is 56.3 Å². The second-order valence-electron chi connectivity index (χ2n) is 5.51. The second kappa shape index (κ2) is 5.81. The van der Waals surface area contributed by atoms with Gasteiger partial charge in [-0.15, -0.1) is 0 Å². The van der Waals surface area contributed by atoms with Crippen molar-refractivity contribution in [3.8, 4) is 5.75 Å². The van der Waals surface area contributed by atoms with Crippen LogP contribution in [0.3, 0.4) is 0 Å². The number of hydrogen-bond donors (Lipinski definition) is 2. The number of benzene rings is 2. The minimum absolute atomic E-state index is 0.596. The van der Waals surface area contributed by atoms with Crippen molar-refractivity contribution in [1.29, 1.82) is 0 Å². The second-order valence-corrected chi connectivity index (χ2v) is 5.51. The Hall–Kier alpha value is -2.33. The van der Waals surface area contributed by atoms with Crippen LogP contribution in [-0.4, -0.2) is 12.4 Å². The molecule has 0 aliphatic carbocycles. The zero-order valence-electron chi connectivity index (χ0n) is 13.0. The van der Waals surface area contributed by atoms with Gasteiger partial charge in [0.2, 0.25) is 0 Å². The summed E-state index contributed by atoms with van der Waals surface area (Å²) in [5, 5.41) is 3.28. The molecule has 114 valence electrons. The summed E-state index contributed by atoms with van der Waals surface area (Å²) in [7, 11) is 0. The summed E-state index contributed by atoms with van der Waals surface area (Å²) in [6, 6.07) is 16.1. The largest absolute Gasteiger partial charge is 0.494 e. The molecule has 0 saturated heterocycles. The molecule has 3 N–H and O–H groups in total. The van der Waals surface area contributed by atoms with Crippen molar-refractivity contribution in [3.05, 3.63) is 59.7 Å². The summed E-state index contributed by atoms with van der Waals surface area (Å²) in [6.07, 6.45) is 0.596. The lowest BCUT2D eigenvalue weighted by atomic mass is 9.90. The fourth-order valence-corrected chi connectivity index (χ4v) is 2.92. The SMILES string of the molecule is CCOc1ccccc1CC1(N)N=C(C)Nc2ccccc21. The van der Waals surface area contributed by atoms with Crippen LogP contribution in [0.2, 0.25) is 0 Å². The molecule has 0 saturated carbocycles. The van der Waals surface area contributed by atoms with Crippen LogP contribution in [0.25, 0.3) is 0 Å². The molecule has 0 spiro atoms. The summed E-state index contributed by atoms with van der Waals surface area (Å²) >= 11 is 0. The third-order valence-electron chi connectivity index (χ3n) is 3.81. The normalized spacial score (nSPS) is 19.9. The van der Waals surface area contributed by atoms with E-state index in [2.05, 4.69) is 16.4 Å². The fraction of sp³-hybridized carbons (Fsp3) is 0.278.